The minimum atomic E-state index is -1.33. The molecular weight excluding hydrogens is 371 g/mol. The predicted octanol–water partition coefficient (Wildman–Crippen LogP) is -0.311. The van der Waals surface area contributed by atoms with Crippen molar-refractivity contribution in [2.75, 3.05) is 44.2 Å². The third kappa shape index (κ3) is 4.28. The number of anilines is 1. The number of nitrogens with zero attached hydrogens (tertiary/aromatic N) is 3. The second kappa shape index (κ2) is 9.06. The smallest absolute Gasteiger partial charge is 0.341 e. The Hall–Kier alpha value is -2.60. The number of halogens is 1. The minimum Gasteiger partial charge on any atom is -0.477 e. The Morgan fingerprint density at radius 2 is 2.11 bits per heavy atom. The molecule has 0 aromatic carbocycles. The molecule has 0 atom stereocenters. The first-order valence-corrected chi connectivity index (χ1v) is 9.05. The number of aromatic nitrogens is 2. The quantitative estimate of drug-likeness (QED) is 0.555. The number of hydrazine groups is 1. The van der Waals surface area contributed by atoms with Crippen LogP contribution >= 0.6 is 0 Å². The van der Waals surface area contributed by atoms with Crippen molar-refractivity contribution < 1.29 is 19.1 Å². The second-order valence-electron chi connectivity index (χ2n) is 6.24. The van der Waals surface area contributed by atoms with Gasteiger partial charge in [0.05, 0.1) is 12.0 Å². The topological polar surface area (TPSA) is 121 Å². The fourth-order valence-corrected chi connectivity index (χ4v) is 3.02. The van der Waals surface area contributed by atoms with E-state index in [1.807, 2.05) is 11.8 Å². The van der Waals surface area contributed by atoms with E-state index in [1.54, 1.807) is 4.57 Å². The van der Waals surface area contributed by atoms with Gasteiger partial charge in [0.2, 0.25) is 5.43 Å². The fourth-order valence-electron chi connectivity index (χ4n) is 3.02. The molecule has 4 rings (SSSR count). The molecule has 2 fully saturated rings. The van der Waals surface area contributed by atoms with E-state index in [0.29, 0.717) is 25.3 Å². The summed E-state index contributed by atoms with van der Waals surface area (Å²) >= 11 is 0. The maximum atomic E-state index is 14.4. The number of carbonyl (C=O) groups is 1. The van der Waals surface area contributed by atoms with Crippen LogP contribution < -0.4 is 26.7 Å². The lowest BCUT2D eigenvalue weighted by Crippen LogP contribution is -2.44. The van der Waals surface area contributed by atoms with Crippen molar-refractivity contribution >= 4 is 22.8 Å². The molecule has 0 amide bonds. The molecule has 10 nitrogen and oxygen atoms in total. The molecule has 11 heteroatoms. The molecule has 28 heavy (non-hydrogen) atoms. The summed E-state index contributed by atoms with van der Waals surface area (Å²) in [4.78, 5) is 34.2. The third-order valence-corrected chi connectivity index (χ3v) is 4.44. The summed E-state index contributed by atoms with van der Waals surface area (Å²) in [5, 5.41) is 12.3. The van der Waals surface area contributed by atoms with Crippen molar-refractivity contribution in [1.82, 2.24) is 25.9 Å². The average Bonchev–Trinajstić information content (AvgIpc) is 3.29. The van der Waals surface area contributed by atoms with Crippen molar-refractivity contribution in [1.29, 1.82) is 0 Å². The van der Waals surface area contributed by atoms with E-state index in [2.05, 4.69) is 26.2 Å². The van der Waals surface area contributed by atoms with Gasteiger partial charge in [0, 0.05) is 45.5 Å². The molecule has 0 saturated carbocycles. The number of piperazine rings is 1. The molecule has 0 spiro atoms. The number of rotatable bonds is 3. The van der Waals surface area contributed by atoms with Crippen molar-refractivity contribution in [2.45, 2.75) is 13.5 Å². The van der Waals surface area contributed by atoms with Crippen LogP contribution in [0.15, 0.2) is 17.1 Å². The molecule has 2 aromatic heterocycles. The number of carboxylic acid groups (broad SMARTS) is 1. The molecule has 0 bridgehead atoms. The van der Waals surface area contributed by atoms with Crippen LogP contribution in [0.4, 0.5) is 10.2 Å². The number of aromatic carboxylic acids is 1. The van der Waals surface area contributed by atoms with Crippen molar-refractivity contribution in [3.05, 3.63) is 33.9 Å². The van der Waals surface area contributed by atoms with E-state index < -0.39 is 17.2 Å². The van der Waals surface area contributed by atoms with E-state index in [-0.39, 0.29) is 16.8 Å². The van der Waals surface area contributed by atoms with Crippen LogP contribution in [-0.4, -0.2) is 60.0 Å². The molecule has 2 aliphatic heterocycles. The molecule has 2 saturated heterocycles. The third-order valence-electron chi connectivity index (χ3n) is 4.44. The van der Waals surface area contributed by atoms with E-state index >= 15 is 0 Å². The first-order valence-electron chi connectivity index (χ1n) is 9.05. The van der Waals surface area contributed by atoms with E-state index in [1.165, 1.54) is 6.20 Å². The number of hydrogen-bond donors (Lipinski definition) is 4. The van der Waals surface area contributed by atoms with Crippen LogP contribution in [0.25, 0.3) is 11.0 Å². The minimum absolute atomic E-state index is 0.0110. The van der Waals surface area contributed by atoms with Crippen LogP contribution in [-0.2, 0) is 11.4 Å². The monoisotopic (exact) mass is 394 g/mol. The van der Waals surface area contributed by atoms with Crippen LogP contribution in [0.1, 0.15) is 17.3 Å². The zero-order valence-electron chi connectivity index (χ0n) is 15.5. The SMILES string of the molecule is C1CONN1.CCn1cc(C(=O)O)c(=O)c2cc(F)c(N3CCNCC3)nc21. The zero-order valence-corrected chi connectivity index (χ0v) is 15.5. The first-order chi connectivity index (χ1) is 13.5. The average molecular weight is 394 g/mol. The van der Waals surface area contributed by atoms with Crippen molar-refractivity contribution in [3.63, 3.8) is 0 Å². The summed E-state index contributed by atoms with van der Waals surface area (Å²) in [7, 11) is 0. The van der Waals surface area contributed by atoms with Gasteiger partial charge < -0.3 is 19.9 Å². The normalized spacial score (nSPS) is 16.7. The maximum Gasteiger partial charge on any atom is 0.341 e. The molecule has 2 aromatic rings. The molecule has 4 N–H and O–H groups in total. The van der Waals surface area contributed by atoms with E-state index in [4.69, 9.17) is 5.11 Å². The lowest BCUT2D eigenvalue weighted by molar-refractivity contribution is 0.0695. The van der Waals surface area contributed by atoms with Gasteiger partial charge in [-0.1, -0.05) is 0 Å². The number of hydrogen-bond acceptors (Lipinski definition) is 8. The highest BCUT2D eigenvalue weighted by molar-refractivity contribution is 5.92. The highest BCUT2D eigenvalue weighted by atomic mass is 19.1. The molecule has 2 aliphatic rings. The van der Waals surface area contributed by atoms with Gasteiger partial charge in [0.25, 0.3) is 0 Å². The molecule has 152 valence electrons. The maximum absolute atomic E-state index is 14.4. The van der Waals surface area contributed by atoms with Crippen LogP contribution in [0.2, 0.25) is 0 Å². The highest BCUT2D eigenvalue weighted by Crippen LogP contribution is 2.21. The number of pyridine rings is 2. The lowest BCUT2D eigenvalue weighted by atomic mass is 10.2. The fraction of sp³-hybridized carbons (Fsp3) is 0.471. The zero-order chi connectivity index (χ0) is 20.1. The van der Waals surface area contributed by atoms with Crippen molar-refractivity contribution in [2.24, 2.45) is 0 Å². The van der Waals surface area contributed by atoms with E-state index in [9.17, 15) is 14.0 Å². The lowest BCUT2D eigenvalue weighted by Gasteiger charge is -2.29. The Morgan fingerprint density at radius 1 is 1.36 bits per heavy atom. The Labute approximate surface area is 160 Å². The number of aryl methyl sites for hydroxylation is 1. The van der Waals surface area contributed by atoms with Gasteiger partial charge in [0.1, 0.15) is 11.2 Å². The van der Waals surface area contributed by atoms with Crippen LogP contribution in [0.3, 0.4) is 0 Å². The van der Waals surface area contributed by atoms with Gasteiger partial charge >= 0.3 is 5.97 Å². The number of fused-ring (bicyclic) bond motifs is 1. The number of nitrogens with one attached hydrogen (secondary N) is 3. The molecule has 4 heterocycles. The Kier molecular flexibility index (Phi) is 6.52. The van der Waals surface area contributed by atoms with Gasteiger partial charge in [-0.25, -0.2) is 19.6 Å². The van der Waals surface area contributed by atoms with E-state index in [0.717, 1.165) is 32.3 Å². The largest absolute Gasteiger partial charge is 0.477 e. The summed E-state index contributed by atoms with van der Waals surface area (Å²) in [6.07, 6.45) is 1.26. The van der Waals surface area contributed by atoms with Crippen LogP contribution in [0, 0.1) is 5.82 Å². The van der Waals surface area contributed by atoms with Gasteiger partial charge in [-0.05, 0) is 13.0 Å². The summed E-state index contributed by atoms with van der Waals surface area (Å²) in [6.45, 7) is 6.65. The summed E-state index contributed by atoms with van der Waals surface area (Å²) < 4.78 is 16.0. The predicted molar refractivity (Wildman–Crippen MR) is 101 cm³/mol. The standard InChI is InChI=1S/C15H17FN4O3.C2H6N2O/c1-2-19-8-10(15(22)23)12(21)9-7-11(16)14(18-13(9)19)20-5-3-17-4-6-20;1-2-5-4-3-1/h7-8,17H,2-6H2,1H3,(H,22,23);3-4H,1-2H2. The summed E-state index contributed by atoms with van der Waals surface area (Å²) in [5.41, 5.74) is 4.43. The second-order valence-corrected chi connectivity index (χ2v) is 6.24. The summed E-state index contributed by atoms with van der Waals surface area (Å²) in [6, 6.07) is 1.10. The number of carboxylic acids is 1. The first kappa shape index (κ1) is 20.1. The van der Waals surface area contributed by atoms with Gasteiger partial charge in [-0.2, -0.15) is 0 Å². The van der Waals surface area contributed by atoms with Crippen LogP contribution in [0.5, 0.6) is 0 Å². The van der Waals surface area contributed by atoms with Crippen molar-refractivity contribution in [3.8, 4) is 0 Å². The summed E-state index contributed by atoms with van der Waals surface area (Å²) in [5.74, 6) is -1.74. The van der Waals surface area contributed by atoms with Gasteiger partial charge in [-0.15, -0.1) is 5.59 Å². The molecule has 0 aliphatic carbocycles. The van der Waals surface area contributed by atoms with Gasteiger partial charge in [-0.3, -0.25) is 9.63 Å². The molecule has 0 unspecified atom stereocenters. The highest BCUT2D eigenvalue weighted by Gasteiger charge is 2.21. The van der Waals surface area contributed by atoms with Gasteiger partial charge in [0.15, 0.2) is 11.6 Å². The Morgan fingerprint density at radius 3 is 2.64 bits per heavy atom. The molecule has 0 radical (unpaired) electrons. The molecular formula is C17H23FN6O4. The Bertz CT molecular complexity index is 901. The Balaban J connectivity index is 0.000000391.